The first-order chi connectivity index (χ1) is 7.79. The van der Waals surface area contributed by atoms with Gasteiger partial charge < -0.3 is 10.6 Å². The summed E-state index contributed by atoms with van der Waals surface area (Å²) < 4.78 is 0. The van der Waals surface area contributed by atoms with Crippen molar-refractivity contribution in [3.05, 3.63) is 29.8 Å². The molecule has 0 aliphatic heterocycles. The molecule has 2 rings (SSSR count). The maximum Gasteiger partial charge on any atom is 0.318 e. The molecule has 0 aromatic heterocycles. The minimum atomic E-state index is -0.173. The molecule has 86 valence electrons. The molecule has 2 amide bonds. The second kappa shape index (κ2) is 5.01. The average molecular weight is 218 g/mol. The largest absolute Gasteiger partial charge is 0.341 e. The Morgan fingerprint density at radius 2 is 1.81 bits per heavy atom. The van der Waals surface area contributed by atoms with E-state index in [2.05, 4.69) is 22.8 Å². The molecule has 2 N–H and O–H groups in total. The van der Waals surface area contributed by atoms with Crippen molar-refractivity contribution >= 4 is 11.7 Å². The molecule has 1 saturated carbocycles. The first-order valence-electron chi connectivity index (χ1n) is 5.88. The third-order valence-electron chi connectivity index (χ3n) is 3.22. The molecular weight excluding hydrogens is 200 g/mol. The van der Waals surface area contributed by atoms with Gasteiger partial charge in [0.05, 0.1) is 0 Å². The van der Waals surface area contributed by atoms with Crippen LogP contribution >= 0.6 is 0 Å². The monoisotopic (exact) mass is 218 g/mol. The molecule has 0 spiro atoms. The van der Waals surface area contributed by atoms with Gasteiger partial charge >= 0.3 is 6.03 Å². The molecule has 0 heterocycles. The highest BCUT2D eigenvalue weighted by Crippen LogP contribution is 2.34. The van der Waals surface area contributed by atoms with E-state index in [1.54, 1.807) is 7.05 Å². The predicted octanol–water partition coefficient (Wildman–Crippen LogP) is 3.10. The van der Waals surface area contributed by atoms with Crippen LogP contribution in [0.2, 0.25) is 0 Å². The number of amides is 2. The lowest BCUT2D eigenvalue weighted by atomic mass is 9.98. The van der Waals surface area contributed by atoms with Gasteiger partial charge in [0, 0.05) is 12.7 Å². The lowest BCUT2D eigenvalue weighted by Crippen LogP contribution is -2.24. The standard InChI is InChI=1S/C13H18N2O/c1-14-13(16)15-12-8-6-11(7-9-12)10-4-2-3-5-10/h6-10H,2-5H2,1H3,(H2,14,15,16). The van der Waals surface area contributed by atoms with E-state index in [-0.39, 0.29) is 6.03 Å². The smallest absolute Gasteiger partial charge is 0.318 e. The zero-order chi connectivity index (χ0) is 11.4. The average Bonchev–Trinajstić information content (AvgIpc) is 2.83. The Morgan fingerprint density at radius 3 is 2.38 bits per heavy atom. The van der Waals surface area contributed by atoms with E-state index in [1.807, 2.05) is 12.1 Å². The summed E-state index contributed by atoms with van der Waals surface area (Å²) in [7, 11) is 1.61. The van der Waals surface area contributed by atoms with Crippen molar-refractivity contribution in [2.24, 2.45) is 0 Å². The summed E-state index contributed by atoms with van der Waals surface area (Å²) in [6.45, 7) is 0. The quantitative estimate of drug-likeness (QED) is 0.786. The fourth-order valence-electron chi connectivity index (χ4n) is 2.29. The Kier molecular flexibility index (Phi) is 3.44. The van der Waals surface area contributed by atoms with Crippen LogP contribution < -0.4 is 10.6 Å². The number of nitrogens with one attached hydrogen (secondary N) is 2. The normalized spacial score (nSPS) is 16.1. The van der Waals surface area contributed by atoms with E-state index in [0.29, 0.717) is 0 Å². The molecule has 1 fully saturated rings. The van der Waals surface area contributed by atoms with Gasteiger partial charge in [-0.3, -0.25) is 0 Å². The SMILES string of the molecule is CNC(=O)Nc1ccc(C2CCCC2)cc1. The molecule has 0 unspecified atom stereocenters. The van der Waals surface area contributed by atoms with Crippen LogP contribution in [0.4, 0.5) is 10.5 Å². The molecule has 1 aliphatic rings. The highest BCUT2D eigenvalue weighted by Gasteiger charge is 2.16. The molecule has 0 saturated heterocycles. The summed E-state index contributed by atoms with van der Waals surface area (Å²) in [4.78, 5) is 11.1. The fraction of sp³-hybridized carbons (Fsp3) is 0.462. The third kappa shape index (κ3) is 2.54. The number of urea groups is 1. The molecular formula is C13H18N2O. The van der Waals surface area contributed by atoms with Gasteiger partial charge in [-0.2, -0.15) is 0 Å². The van der Waals surface area contributed by atoms with Gasteiger partial charge in [-0.15, -0.1) is 0 Å². The highest BCUT2D eigenvalue weighted by molar-refractivity contribution is 5.88. The Bertz CT molecular complexity index is 353. The number of hydrogen-bond acceptors (Lipinski definition) is 1. The third-order valence-corrected chi connectivity index (χ3v) is 3.22. The molecule has 3 heteroatoms. The molecule has 16 heavy (non-hydrogen) atoms. The van der Waals surface area contributed by atoms with Crippen LogP contribution in [0.25, 0.3) is 0 Å². The number of hydrogen-bond donors (Lipinski definition) is 2. The van der Waals surface area contributed by atoms with Crippen molar-refractivity contribution < 1.29 is 4.79 Å². The minimum Gasteiger partial charge on any atom is -0.341 e. The van der Waals surface area contributed by atoms with Gasteiger partial charge in [-0.25, -0.2) is 4.79 Å². The number of carbonyl (C=O) groups is 1. The summed E-state index contributed by atoms with van der Waals surface area (Å²) >= 11 is 0. The maximum absolute atomic E-state index is 11.1. The van der Waals surface area contributed by atoms with Crippen LogP contribution in [0.1, 0.15) is 37.2 Å². The van der Waals surface area contributed by atoms with Gasteiger partial charge in [-0.05, 0) is 36.5 Å². The summed E-state index contributed by atoms with van der Waals surface area (Å²) in [5, 5.41) is 5.29. The summed E-state index contributed by atoms with van der Waals surface area (Å²) in [5.41, 5.74) is 2.25. The van der Waals surface area contributed by atoms with E-state index in [1.165, 1.54) is 31.2 Å². The lowest BCUT2D eigenvalue weighted by Gasteiger charge is -2.10. The van der Waals surface area contributed by atoms with E-state index >= 15 is 0 Å². The Morgan fingerprint density at radius 1 is 1.19 bits per heavy atom. The molecule has 1 aromatic carbocycles. The Balaban J connectivity index is 2.01. The summed E-state index contributed by atoms with van der Waals surface area (Å²) in [5.74, 6) is 0.731. The maximum atomic E-state index is 11.1. The van der Waals surface area contributed by atoms with Crippen LogP contribution in [-0.2, 0) is 0 Å². The number of rotatable bonds is 2. The van der Waals surface area contributed by atoms with E-state index in [0.717, 1.165) is 11.6 Å². The zero-order valence-electron chi connectivity index (χ0n) is 9.62. The number of anilines is 1. The van der Waals surface area contributed by atoms with Crippen molar-refractivity contribution in [2.45, 2.75) is 31.6 Å². The van der Waals surface area contributed by atoms with Gasteiger partial charge in [-0.1, -0.05) is 25.0 Å². The van der Waals surface area contributed by atoms with Crippen molar-refractivity contribution in [1.29, 1.82) is 0 Å². The Labute approximate surface area is 96.2 Å². The molecule has 3 nitrogen and oxygen atoms in total. The zero-order valence-corrected chi connectivity index (χ0v) is 9.62. The van der Waals surface area contributed by atoms with Crippen molar-refractivity contribution in [3.63, 3.8) is 0 Å². The molecule has 0 atom stereocenters. The summed E-state index contributed by atoms with van der Waals surface area (Å²) in [6, 6.07) is 8.03. The second-order valence-corrected chi connectivity index (χ2v) is 4.31. The number of benzene rings is 1. The first-order valence-corrected chi connectivity index (χ1v) is 5.88. The van der Waals surface area contributed by atoms with E-state index in [9.17, 15) is 4.79 Å². The van der Waals surface area contributed by atoms with Crippen LogP contribution in [0.15, 0.2) is 24.3 Å². The molecule has 1 aromatic rings. The van der Waals surface area contributed by atoms with Crippen LogP contribution in [0, 0.1) is 0 Å². The van der Waals surface area contributed by atoms with Crippen LogP contribution in [0.3, 0.4) is 0 Å². The van der Waals surface area contributed by atoms with Crippen LogP contribution in [0.5, 0.6) is 0 Å². The summed E-state index contributed by atoms with van der Waals surface area (Å²) in [6.07, 6.45) is 5.32. The van der Waals surface area contributed by atoms with Crippen molar-refractivity contribution in [2.75, 3.05) is 12.4 Å². The van der Waals surface area contributed by atoms with E-state index < -0.39 is 0 Å². The fourth-order valence-corrected chi connectivity index (χ4v) is 2.29. The van der Waals surface area contributed by atoms with Crippen LogP contribution in [-0.4, -0.2) is 13.1 Å². The molecule has 0 radical (unpaired) electrons. The minimum absolute atomic E-state index is 0.173. The predicted molar refractivity (Wildman–Crippen MR) is 65.7 cm³/mol. The number of carbonyl (C=O) groups excluding carboxylic acids is 1. The van der Waals surface area contributed by atoms with Crippen molar-refractivity contribution in [3.8, 4) is 0 Å². The van der Waals surface area contributed by atoms with Gasteiger partial charge in [0.25, 0.3) is 0 Å². The Hall–Kier alpha value is -1.51. The van der Waals surface area contributed by atoms with Gasteiger partial charge in [0.15, 0.2) is 0 Å². The second-order valence-electron chi connectivity index (χ2n) is 4.31. The van der Waals surface area contributed by atoms with E-state index in [4.69, 9.17) is 0 Å². The topological polar surface area (TPSA) is 41.1 Å². The molecule has 0 bridgehead atoms. The van der Waals surface area contributed by atoms with Gasteiger partial charge in [0.2, 0.25) is 0 Å². The highest BCUT2D eigenvalue weighted by atomic mass is 16.2. The van der Waals surface area contributed by atoms with Gasteiger partial charge in [0.1, 0.15) is 0 Å². The lowest BCUT2D eigenvalue weighted by molar-refractivity contribution is 0.254. The first kappa shape index (κ1) is 11.0. The molecule has 1 aliphatic carbocycles. The van der Waals surface area contributed by atoms with Crippen molar-refractivity contribution in [1.82, 2.24) is 5.32 Å².